The molecule has 1 rings (SSSR count). The molecule has 0 spiro atoms. The Labute approximate surface area is 81.3 Å². The fourth-order valence-corrected chi connectivity index (χ4v) is 1.41. The van der Waals surface area contributed by atoms with Crippen LogP contribution in [0.4, 0.5) is 0 Å². The van der Waals surface area contributed by atoms with Crippen LogP contribution in [0, 0.1) is 5.92 Å². The molecule has 70 valence electrons. The fraction of sp³-hybridized carbons (Fsp3) is 1.00. The molecular formula is C7H18Cl2N2. The summed E-state index contributed by atoms with van der Waals surface area (Å²) in [4.78, 5) is 2.44. The van der Waals surface area contributed by atoms with Gasteiger partial charge in [0.15, 0.2) is 0 Å². The van der Waals surface area contributed by atoms with Crippen LogP contribution in [0.15, 0.2) is 0 Å². The van der Waals surface area contributed by atoms with Crippen LogP contribution in [-0.4, -0.2) is 31.1 Å². The van der Waals surface area contributed by atoms with Gasteiger partial charge >= 0.3 is 0 Å². The molecule has 0 bridgehead atoms. The topological polar surface area (TPSA) is 29.3 Å². The number of hydrogen-bond donors (Lipinski definition) is 1. The lowest BCUT2D eigenvalue weighted by molar-refractivity contribution is 0.337. The van der Waals surface area contributed by atoms with Crippen molar-refractivity contribution >= 4 is 24.8 Å². The van der Waals surface area contributed by atoms with Crippen molar-refractivity contribution < 1.29 is 0 Å². The molecule has 0 radical (unpaired) electrons. The molecule has 0 aliphatic carbocycles. The Morgan fingerprint density at radius 3 is 2.45 bits per heavy atom. The highest BCUT2D eigenvalue weighted by molar-refractivity contribution is 5.85. The van der Waals surface area contributed by atoms with Crippen molar-refractivity contribution in [2.75, 3.05) is 26.2 Å². The summed E-state index contributed by atoms with van der Waals surface area (Å²) in [5, 5.41) is 0. The van der Waals surface area contributed by atoms with Gasteiger partial charge in [-0.1, -0.05) is 6.92 Å². The van der Waals surface area contributed by atoms with Crippen molar-refractivity contribution in [3.8, 4) is 0 Å². The van der Waals surface area contributed by atoms with E-state index in [0.29, 0.717) is 0 Å². The summed E-state index contributed by atoms with van der Waals surface area (Å²) in [6.45, 7) is 6.73. The molecule has 1 heterocycles. The lowest BCUT2D eigenvalue weighted by Crippen LogP contribution is -2.26. The van der Waals surface area contributed by atoms with Gasteiger partial charge in [-0.2, -0.15) is 0 Å². The van der Waals surface area contributed by atoms with E-state index >= 15 is 0 Å². The first kappa shape index (κ1) is 14.0. The summed E-state index contributed by atoms with van der Waals surface area (Å²) in [6.07, 6.45) is 1.36. The smallest absolute Gasteiger partial charge is 0.0105 e. The van der Waals surface area contributed by atoms with Crippen molar-refractivity contribution in [1.82, 2.24) is 4.90 Å². The van der Waals surface area contributed by atoms with Crippen molar-refractivity contribution in [3.05, 3.63) is 0 Å². The van der Waals surface area contributed by atoms with E-state index < -0.39 is 0 Å². The van der Waals surface area contributed by atoms with Crippen LogP contribution in [0.2, 0.25) is 0 Å². The summed E-state index contributed by atoms with van der Waals surface area (Å²) < 4.78 is 0. The molecule has 1 saturated heterocycles. The summed E-state index contributed by atoms with van der Waals surface area (Å²) in [7, 11) is 0. The largest absolute Gasteiger partial charge is 0.329 e. The average molecular weight is 201 g/mol. The highest BCUT2D eigenvalue weighted by atomic mass is 35.5. The van der Waals surface area contributed by atoms with E-state index in [1.165, 1.54) is 19.5 Å². The summed E-state index contributed by atoms with van der Waals surface area (Å²) >= 11 is 0. The third-order valence-electron chi connectivity index (χ3n) is 1.95. The molecular weight excluding hydrogens is 183 g/mol. The van der Waals surface area contributed by atoms with Crippen LogP contribution < -0.4 is 5.73 Å². The van der Waals surface area contributed by atoms with Crippen molar-refractivity contribution in [1.29, 1.82) is 0 Å². The minimum Gasteiger partial charge on any atom is -0.329 e. The van der Waals surface area contributed by atoms with Gasteiger partial charge in [0.1, 0.15) is 0 Å². The number of nitrogens with zero attached hydrogens (tertiary/aromatic N) is 1. The Kier molecular flexibility index (Phi) is 9.15. The maximum Gasteiger partial charge on any atom is 0.0105 e. The molecule has 0 aromatic heterocycles. The minimum absolute atomic E-state index is 0. The monoisotopic (exact) mass is 200 g/mol. The van der Waals surface area contributed by atoms with Crippen LogP contribution in [-0.2, 0) is 0 Å². The van der Waals surface area contributed by atoms with Gasteiger partial charge in [0.25, 0.3) is 0 Å². The molecule has 1 aliphatic rings. The third kappa shape index (κ3) is 4.86. The van der Waals surface area contributed by atoms with E-state index in [2.05, 4.69) is 11.8 Å². The second-order valence-corrected chi connectivity index (χ2v) is 2.98. The van der Waals surface area contributed by atoms with E-state index in [1.807, 2.05) is 0 Å². The molecule has 0 aromatic carbocycles. The van der Waals surface area contributed by atoms with Gasteiger partial charge in [-0.05, 0) is 18.9 Å². The predicted octanol–water partition coefficient (Wildman–Crippen LogP) is 1.13. The van der Waals surface area contributed by atoms with E-state index in [4.69, 9.17) is 5.73 Å². The Morgan fingerprint density at radius 2 is 2.09 bits per heavy atom. The Hall–Kier alpha value is 0.500. The maximum atomic E-state index is 5.41. The fourth-order valence-electron chi connectivity index (χ4n) is 1.41. The lowest BCUT2D eigenvalue weighted by Gasteiger charge is -2.12. The molecule has 4 heteroatoms. The molecule has 2 N–H and O–H groups in total. The summed E-state index contributed by atoms with van der Waals surface area (Å²) in [5.74, 6) is 0.900. The van der Waals surface area contributed by atoms with E-state index in [9.17, 15) is 0 Å². The Morgan fingerprint density at radius 1 is 1.45 bits per heavy atom. The zero-order valence-electron chi connectivity index (χ0n) is 6.95. The van der Waals surface area contributed by atoms with Gasteiger partial charge < -0.3 is 10.6 Å². The molecule has 1 fully saturated rings. The second-order valence-electron chi connectivity index (χ2n) is 2.98. The number of hydrogen-bond acceptors (Lipinski definition) is 2. The van der Waals surface area contributed by atoms with Crippen LogP contribution in [0.5, 0.6) is 0 Å². The zero-order chi connectivity index (χ0) is 6.69. The number of halogens is 2. The normalized spacial score (nSPS) is 24.0. The van der Waals surface area contributed by atoms with Crippen LogP contribution in [0.3, 0.4) is 0 Å². The highest BCUT2D eigenvalue weighted by Gasteiger charge is 2.16. The van der Waals surface area contributed by atoms with Crippen molar-refractivity contribution in [3.63, 3.8) is 0 Å². The molecule has 1 aliphatic heterocycles. The van der Waals surface area contributed by atoms with E-state index in [-0.39, 0.29) is 24.8 Å². The van der Waals surface area contributed by atoms with Gasteiger partial charge in [-0.3, -0.25) is 0 Å². The van der Waals surface area contributed by atoms with E-state index in [0.717, 1.165) is 19.0 Å². The van der Waals surface area contributed by atoms with Gasteiger partial charge in [0, 0.05) is 19.6 Å². The Balaban J connectivity index is 0. The zero-order valence-corrected chi connectivity index (χ0v) is 8.59. The number of rotatable bonds is 2. The third-order valence-corrected chi connectivity index (χ3v) is 1.95. The molecule has 0 saturated carbocycles. The van der Waals surface area contributed by atoms with Crippen LogP contribution in [0.1, 0.15) is 13.3 Å². The number of nitrogens with two attached hydrogens (primary N) is 1. The molecule has 0 aromatic rings. The molecule has 2 nitrogen and oxygen atoms in total. The van der Waals surface area contributed by atoms with Crippen molar-refractivity contribution in [2.24, 2.45) is 11.7 Å². The highest BCUT2D eigenvalue weighted by Crippen LogP contribution is 2.13. The van der Waals surface area contributed by atoms with Gasteiger partial charge in [-0.15, -0.1) is 24.8 Å². The van der Waals surface area contributed by atoms with E-state index in [1.54, 1.807) is 0 Å². The standard InChI is InChI=1S/C7H16N2.2ClH/c1-7-2-4-9(6-7)5-3-8;;/h7H,2-6,8H2,1H3;2*1H/t7-;;/m0../s1. The molecule has 1 atom stereocenters. The number of likely N-dealkylation sites (tertiary alicyclic amines) is 1. The quantitative estimate of drug-likeness (QED) is 0.725. The summed E-state index contributed by atoms with van der Waals surface area (Å²) in [6, 6.07) is 0. The van der Waals surface area contributed by atoms with Crippen molar-refractivity contribution in [2.45, 2.75) is 13.3 Å². The van der Waals surface area contributed by atoms with Gasteiger partial charge in [0.2, 0.25) is 0 Å². The predicted molar refractivity (Wildman–Crippen MR) is 53.8 cm³/mol. The lowest BCUT2D eigenvalue weighted by atomic mass is 10.2. The second kappa shape index (κ2) is 7.17. The molecule has 0 amide bonds. The SMILES string of the molecule is C[C@H]1CCN(CCN)C1.Cl.Cl. The van der Waals surface area contributed by atoms with Crippen LogP contribution >= 0.6 is 24.8 Å². The first-order valence-electron chi connectivity index (χ1n) is 3.75. The van der Waals surface area contributed by atoms with Gasteiger partial charge in [-0.25, -0.2) is 0 Å². The first-order valence-corrected chi connectivity index (χ1v) is 3.75. The molecule has 0 unspecified atom stereocenters. The average Bonchev–Trinajstić information content (AvgIpc) is 2.17. The first-order chi connectivity index (χ1) is 4.33. The maximum absolute atomic E-state index is 5.41. The summed E-state index contributed by atoms with van der Waals surface area (Å²) in [5.41, 5.74) is 5.41. The Bertz CT molecular complexity index is 88.5. The van der Waals surface area contributed by atoms with Crippen LogP contribution in [0.25, 0.3) is 0 Å². The van der Waals surface area contributed by atoms with Gasteiger partial charge in [0.05, 0.1) is 0 Å². The minimum atomic E-state index is 0. The molecule has 11 heavy (non-hydrogen) atoms.